The van der Waals surface area contributed by atoms with Crippen LogP contribution in [-0.2, 0) is 19.6 Å². The molecule has 0 aliphatic carbocycles. The lowest BCUT2D eigenvalue weighted by molar-refractivity contribution is -0.141. The minimum Gasteiger partial charge on any atom is -0.369 e. The van der Waals surface area contributed by atoms with Crippen LogP contribution in [0.1, 0.15) is 21.7 Å². The number of alkyl halides is 3. The van der Waals surface area contributed by atoms with E-state index in [4.69, 9.17) is 11.6 Å². The number of carbonyl (C=O) groups is 1. The van der Waals surface area contributed by atoms with Crippen LogP contribution in [0.2, 0.25) is 5.02 Å². The van der Waals surface area contributed by atoms with E-state index in [0.717, 1.165) is 23.3 Å². The van der Waals surface area contributed by atoms with E-state index in [1.54, 1.807) is 0 Å². The van der Waals surface area contributed by atoms with Gasteiger partial charge in [-0.05, 0) is 18.1 Å². The minimum atomic E-state index is -4.70. The molecule has 0 bridgehead atoms. The molecule has 0 atom stereocenters. The number of hydrogen-bond acceptors (Lipinski definition) is 3. The third kappa shape index (κ3) is 3.44. The molecular weight excluding hydrogens is 357 g/mol. The molecule has 5 nitrogen and oxygen atoms in total. The van der Waals surface area contributed by atoms with Gasteiger partial charge in [0.25, 0.3) is 5.91 Å². The minimum absolute atomic E-state index is 0.288. The highest BCUT2D eigenvalue weighted by atomic mass is 35.5. The summed E-state index contributed by atoms with van der Waals surface area (Å²) in [5, 5.41) is 5.23. The third-order valence-corrected chi connectivity index (χ3v) is 4.48. The van der Waals surface area contributed by atoms with Gasteiger partial charge in [0.15, 0.2) is 5.69 Å². The molecule has 2 aromatic rings. The highest BCUT2D eigenvalue weighted by Gasteiger charge is 2.39. The molecule has 0 unspecified atom stereocenters. The number of para-hydroxylation sites is 1. The molecule has 3 rings (SSSR count). The second-order valence-corrected chi connectivity index (χ2v) is 6.13. The molecule has 1 aromatic heterocycles. The number of aromatic nitrogens is 2. The summed E-state index contributed by atoms with van der Waals surface area (Å²) in [6.45, 7) is 1.69. The summed E-state index contributed by atoms with van der Waals surface area (Å²) < 4.78 is 39.3. The summed E-state index contributed by atoms with van der Waals surface area (Å²) in [4.78, 5) is 14.3. The molecule has 9 heteroatoms. The topological polar surface area (TPSA) is 50.2 Å². The zero-order valence-electron chi connectivity index (χ0n) is 13.4. The number of nitrogens with one attached hydrogen (secondary N) is 1. The Kier molecular flexibility index (Phi) is 4.64. The maximum Gasteiger partial charge on any atom is 0.436 e. The quantitative estimate of drug-likeness (QED) is 0.897. The van der Waals surface area contributed by atoms with Crippen molar-refractivity contribution < 1.29 is 18.0 Å². The number of anilines is 1. The molecule has 0 radical (unpaired) electrons. The Morgan fingerprint density at radius 3 is 2.76 bits per heavy atom. The van der Waals surface area contributed by atoms with Gasteiger partial charge in [-0.3, -0.25) is 9.48 Å². The number of halogens is 4. The van der Waals surface area contributed by atoms with Gasteiger partial charge in [0.1, 0.15) is 10.7 Å². The van der Waals surface area contributed by atoms with Gasteiger partial charge in [-0.1, -0.05) is 29.8 Å². The Morgan fingerprint density at radius 2 is 2.08 bits per heavy atom. The van der Waals surface area contributed by atoms with Crippen LogP contribution in [0.3, 0.4) is 0 Å². The first-order valence-electron chi connectivity index (χ1n) is 7.69. The van der Waals surface area contributed by atoms with Crippen molar-refractivity contribution in [2.45, 2.75) is 12.6 Å². The predicted molar refractivity (Wildman–Crippen MR) is 87.9 cm³/mol. The average Bonchev–Trinajstić information content (AvgIpc) is 3.08. The first kappa shape index (κ1) is 17.6. The average molecular weight is 373 g/mol. The largest absolute Gasteiger partial charge is 0.436 e. The highest BCUT2D eigenvalue weighted by Crippen LogP contribution is 2.35. The number of fused-ring (bicyclic) bond motifs is 1. The van der Waals surface area contributed by atoms with Crippen LogP contribution in [0.4, 0.5) is 18.9 Å². The van der Waals surface area contributed by atoms with Crippen LogP contribution in [0.25, 0.3) is 0 Å². The molecule has 1 amide bonds. The van der Waals surface area contributed by atoms with Crippen LogP contribution >= 0.6 is 11.6 Å². The second kappa shape index (κ2) is 6.59. The Morgan fingerprint density at radius 1 is 1.36 bits per heavy atom. The van der Waals surface area contributed by atoms with Crippen molar-refractivity contribution in [1.82, 2.24) is 15.1 Å². The predicted octanol–water partition coefficient (Wildman–Crippen LogP) is 2.88. The van der Waals surface area contributed by atoms with Gasteiger partial charge in [0, 0.05) is 32.4 Å². The van der Waals surface area contributed by atoms with Crippen molar-refractivity contribution in [3.8, 4) is 0 Å². The zero-order chi connectivity index (χ0) is 18.2. The molecule has 0 saturated heterocycles. The molecule has 1 aromatic carbocycles. The number of amides is 1. The lowest BCUT2D eigenvalue weighted by Crippen LogP contribution is -2.35. The van der Waals surface area contributed by atoms with Gasteiger partial charge in [-0.15, -0.1) is 0 Å². The summed E-state index contributed by atoms with van der Waals surface area (Å²) in [5.74, 6) is -0.678. The lowest BCUT2D eigenvalue weighted by Gasteiger charge is -2.19. The normalized spacial score (nSPS) is 13.9. The standard InChI is InChI=1S/C16H16ClF3N4O/c1-23-13(12(17)14(22-23)16(18,19)20)15(25)21-7-9-24-8-6-10-4-2-3-5-11(10)24/h2-5H,6-9H2,1H3,(H,21,25). The van der Waals surface area contributed by atoms with Crippen LogP contribution < -0.4 is 10.2 Å². The van der Waals surface area contributed by atoms with Gasteiger partial charge >= 0.3 is 6.18 Å². The summed E-state index contributed by atoms with van der Waals surface area (Å²) >= 11 is 5.71. The van der Waals surface area contributed by atoms with Gasteiger partial charge in [-0.25, -0.2) is 0 Å². The number of benzene rings is 1. The molecule has 1 aliphatic heterocycles. The second-order valence-electron chi connectivity index (χ2n) is 5.75. The van der Waals surface area contributed by atoms with E-state index in [9.17, 15) is 18.0 Å². The summed E-state index contributed by atoms with van der Waals surface area (Å²) in [6.07, 6.45) is -3.76. The fraction of sp³-hybridized carbons (Fsp3) is 0.375. The molecule has 0 spiro atoms. The van der Waals surface area contributed by atoms with Crippen molar-refractivity contribution in [1.29, 1.82) is 0 Å². The smallest absolute Gasteiger partial charge is 0.369 e. The Labute approximate surface area is 147 Å². The summed E-state index contributed by atoms with van der Waals surface area (Å²) in [6, 6.07) is 8.00. The van der Waals surface area contributed by atoms with Crippen molar-refractivity contribution in [3.63, 3.8) is 0 Å². The first-order valence-corrected chi connectivity index (χ1v) is 8.07. The molecule has 0 saturated carbocycles. The first-order chi connectivity index (χ1) is 11.8. The fourth-order valence-electron chi connectivity index (χ4n) is 2.95. The van der Waals surface area contributed by atoms with Gasteiger partial charge < -0.3 is 10.2 Å². The monoisotopic (exact) mass is 372 g/mol. The van der Waals surface area contributed by atoms with Crippen LogP contribution in [0, 0.1) is 0 Å². The molecular formula is C16H16ClF3N4O. The highest BCUT2D eigenvalue weighted by molar-refractivity contribution is 6.34. The number of hydrogen-bond donors (Lipinski definition) is 1. The summed E-state index contributed by atoms with van der Waals surface area (Å²) in [5.41, 5.74) is 0.819. The van der Waals surface area contributed by atoms with Crippen molar-refractivity contribution in [2.24, 2.45) is 7.05 Å². The number of rotatable bonds is 4. The molecule has 134 valence electrons. The Bertz CT molecular complexity index is 803. The summed E-state index contributed by atoms with van der Waals surface area (Å²) in [7, 11) is 1.26. The molecule has 1 aliphatic rings. The van der Waals surface area contributed by atoms with Gasteiger partial charge in [0.05, 0.1) is 0 Å². The van der Waals surface area contributed by atoms with E-state index in [1.807, 2.05) is 18.2 Å². The Hall–Kier alpha value is -2.22. The van der Waals surface area contributed by atoms with E-state index >= 15 is 0 Å². The molecule has 25 heavy (non-hydrogen) atoms. The third-order valence-electron chi connectivity index (χ3n) is 4.12. The maximum absolute atomic E-state index is 12.8. The van der Waals surface area contributed by atoms with E-state index in [2.05, 4.69) is 21.4 Å². The van der Waals surface area contributed by atoms with E-state index in [1.165, 1.54) is 12.6 Å². The SMILES string of the molecule is Cn1nc(C(F)(F)F)c(Cl)c1C(=O)NCCN1CCc2ccccc21. The molecule has 0 fully saturated rings. The molecule has 1 N–H and O–H groups in total. The van der Waals surface area contributed by atoms with E-state index in [-0.39, 0.29) is 12.2 Å². The van der Waals surface area contributed by atoms with Crippen molar-refractivity contribution in [3.05, 3.63) is 46.2 Å². The van der Waals surface area contributed by atoms with Crippen LogP contribution in [0.15, 0.2) is 24.3 Å². The lowest BCUT2D eigenvalue weighted by atomic mass is 10.2. The number of aryl methyl sites for hydroxylation is 1. The maximum atomic E-state index is 12.8. The van der Waals surface area contributed by atoms with Gasteiger partial charge in [-0.2, -0.15) is 18.3 Å². The fourth-order valence-corrected chi connectivity index (χ4v) is 3.31. The van der Waals surface area contributed by atoms with E-state index < -0.39 is 22.8 Å². The van der Waals surface area contributed by atoms with Crippen LogP contribution in [-0.4, -0.2) is 35.3 Å². The zero-order valence-corrected chi connectivity index (χ0v) is 14.2. The molecule has 2 heterocycles. The van der Waals surface area contributed by atoms with E-state index in [0.29, 0.717) is 6.54 Å². The van der Waals surface area contributed by atoms with Crippen LogP contribution in [0.5, 0.6) is 0 Å². The number of nitrogens with zero attached hydrogens (tertiary/aromatic N) is 3. The Balaban J connectivity index is 1.64. The van der Waals surface area contributed by atoms with Crippen molar-refractivity contribution >= 4 is 23.2 Å². The number of carbonyl (C=O) groups excluding carboxylic acids is 1. The van der Waals surface area contributed by atoms with Crippen molar-refractivity contribution in [2.75, 3.05) is 24.5 Å². The van der Waals surface area contributed by atoms with Gasteiger partial charge in [0.2, 0.25) is 0 Å².